The van der Waals surface area contributed by atoms with E-state index in [1.807, 2.05) is 13.8 Å². The Morgan fingerprint density at radius 2 is 1.79 bits per heavy atom. The van der Waals surface area contributed by atoms with Crippen LogP contribution in [0.2, 0.25) is 0 Å². The van der Waals surface area contributed by atoms with Crippen LogP contribution < -0.4 is 17.0 Å². The van der Waals surface area contributed by atoms with Crippen LogP contribution in [0.25, 0.3) is 0 Å². The van der Waals surface area contributed by atoms with Crippen LogP contribution in [0.1, 0.15) is 38.1 Å². The smallest absolute Gasteiger partial charge is 0.338 e. The number of nitrogens with zero attached hydrogens (tertiary/aromatic N) is 1. The SMILES string of the molecule is CCOP(=O)(CC(=O)c1c(N)n(CC(C)C)c(=O)[nH]c1=O)OCC. The number of nitrogen functional groups attached to an aromatic ring is 1. The molecule has 1 aromatic rings. The molecule has 1 aromatic heterocycles. The van der Waals surface area contributed by atoms with Crippen molar-refractivity contribution >= 4 is 19.2 Å². The molecule has 1 heterocycles. The molecule has 0 spiro atoms. The Bertz CT molecular complexity index is 742. The zero-order chi connectivity index (χ0) is 18.5. The number of nitrogens with two attached hydrogens (primary N) is 1. The molecule has 0 radical (unpaired) electrons. The van der Waals surface area contributed by atoms with Crippen LogP contribution in [0, 0.1) is 5.92 Å². The monoisotopic (exact) mass is 361 g/mol. The van der Waals surface area contributed by atoms with Gasteiger partial charge in [0.2, 0.25) is 0 Å². The van der Waals surface area contributed by atoms with Crippen LogP contribution in [0.4, 0.5) is 5.82 Å². The topological polar surface area (TPSA) is 133 Å². The minimum Gasteiger partial charge on any atom is -0.384 e. The first-order valence-electron chi connectivity index (χ1n) is 7.69. The molecule has 0 saturated heterocycles. The quantitative estimate of drug-likeness (QED) is 0.499. The predicted molar refractivity (Wildman–Crippen MR) is 90.6 cm³/mol. The first kappa shape index (κ1) is 20.3. The fourth-order valence-electron chi connectivity index (χ4n) is 2.18. The Kier molecular flexibility index (Phi) is 7.13. The highest BCUT2D eigenvalue weighted by atomic mass is 31.2. The fraction of sp³-hybridized carbons (Fsp3) is 0.643. The number of anilines is 1. The second-order valence-electron chi connectivity index (χ2n) is 5.55. The molecule has 0 atom stereocenters. The number of hydrogen-bond donors (Lipinski definition) is 2. The third-order valence-electron chi connectivity index (χ3n) is 3.06. The molecule has 0 aromatic carbocycles. The van der Waals surface area contributed by atoms with Crippen molar-refractivity contribution in [2.75, 3.05) is 25.1 Å². The van der Waals surface area contributed by atoms with Crippen molar-refractivity contribution in [3.05, 3.63) is 26.4 Å². The van der Waals surface area contributed by atoms with Gasteiger partial charge in [-0.05, 0) is 19.8 Å². The van der Waals surface area contributed by atoms with E-state index in [0.29, 0.717) is 0 Å². The molecule has 9 nitrogen and oxygen atoms in total. The van der Waals surface area contributed by atoms with Gasteiger partial charge < -0.3 is 14.8 Å². The lowest BCUT2D eigenvalue weighted by Crippen LogP contribution is -2.37. The van der Waals surface area contributed by atoms with Crippen LogP contribution in [0.5, 0.6) is 0 Å². The molecule has 0 aliphatic rings. The maximum Gasteiger partial charge on any atom is 0.338 e. The van der Waals surface area contributed by atoms with Crippen molar-refractivity contribution < 1.29 is 18.4 Å². The second kappa shape index (κ2) is 8.41. The zero-order valence-electron chi connectivity index (χ0n) is 14.3. The molecule has 0 amide bonds. The van der Waals surface area contributed by atoms with Crippen LogP contribution in [0.3, 0.4) is 0 Å². The van der Waals surface area contributed by atoms with Gasteiger partial charge in [0.15, 0.2) is 5.78 Å². The highest BCUT2D eigenvalue weighted by Gasteiger charge is 2.31. The number of hydrogen-bond acceptors (Lipinski definition) is 7. The predicted octanol–water partition coefficient (Wildman–Crippen LogP) is 1.22. The van der Waals surface area contributed by atoms with Gasteiger partial charge in [-0.1, -0.05) is 13.8 Å². The van der Waals surface area contributed by atoms with Gasteiger partial charge in [-0.2, -0.15) is 0 Å². The summed E-state index contributed by atoms with van der Waals surface area (Å²) in [5.41, 5.74) is 3.84. The van der Waals surface area contributed by atoms with Gasteiger partial charge in [-0.3, -0.25) is 23.7 Å². The summed E-state index contributed by atoms with van der Waals surface area (Å²) in [5, 5.41) is 0. The van der Waals surface area contributed by atoms with Gasteiger partial charge in [0, 0.05) is 6.54 Å². The van der Waals surface area contributed by atoms with Crippen molar-refractivity contribution in [1.29, 1.82) is 0 Å². The lowest BCUT2D eigenvalue weighted by molar-refractivity contribution is 0.100. The number of rotatable bonds is 9. The van der Waals surface area contributed by atoms with Crippen LogP contribution in [-0.4, -0.2) is 34.7 Å². The number of aromatic nitrogens is 2. The number of carbonyl (C=O) groups excluding carboxylic acids is 1. The van der Waals surface area contributed by atoms with Crippen molar-refractivity contribution in [2.24, 2.45) is 5.92 Å². The molecule has 3 N–H and O–H groups in total. The van der Waals surface area contributed by atoms with Gasteiger partial charge in [0.05, 0.1) is 13.2 Å². The molecule has 1 rings (SSSR count). The molecule has 0 aliphatic carbocycles. The highest BCUT2D eigenvalue weighted by Crippen LogP contribution is 2.48. The van der Waals surface area contributed by atoms with Gasteiger partial charge in [0.25, 0.3) is 5.56 Å². The average molecular weight is 361 g/mol. The Morgan fingerprint density at radius 3 is 2.25 bits per heavy atom. The van der Waals surface area contributed by atoms with E-state index in [1.165, 1.54) is 0 Å². The summed E-state index contributed by atoms with van der Waals surface area (Å²) < 4.78 is 23.7. The first-order valence-corrected chi connectivity index (χ1v) is 9.41. The fourth-order valence-corrected chi connectivity index (χ4v) is 3.73. The molecule has 0 fully saturated rings. The minimum absolute atomic E-state index is 0.0665. The largest absolute Gasteiger partial charge is 0.384 e. The number of aromatic amines is 1. The van der Waals surface area contributed by atoms with Crippen LogP contribution >= 0.6 is 7.60 Å². The molecule has 136 valence electrons. The van der Waals surface area contributed by atoms with E-state index < -0.39 is 36.4 Å². The van der Waals surface area contributed by atoms with E-state index in [9.17, 15) is 18.9 Å². The van der Waals surface area contributed by atoms with E-state index in [4.69, 9.17) is 14.8 Å². The Hall–Kier alpha value is -1.70. The first-order chi connectivity index (χ1) is 11.1. The van der Waals surface area contributed by atoms with E-state index >= 15 is 0 Å². The van der Waals surface area contributed by atoms with Gasteiger partial charge >= 0.3 is 13.3 Å². The Balaban J connectivity index is 3.30. The summed E-state index contributed by atoms with van der Waals surface area (Å²) in [4.78, 5) is 38.4. The lowest BCUT2D eigenvalue weighted by Gasteiger charge is -2.17. The molecule has 0 bridgehead atoms. The van der Waals surface area contributed by atoms with E-state index in [2.05, 4.69) is 4.98 Å². The second-order valence-corrected chi connectivity index (χ2v) is 7.61. The number of H-pyrrole nitrogens is 1. The molecule has 24 heavy (non-hydrogen) atoms. The van der Waals surface area contributed by atoms with Crippen molar-refractivity contribution in [1.82, 2.24) is 9.55 Å². The summed E-state index contributed by atoms with van der Waals surface area (Å²) >= 11 is 0. The maximum atomic E-state index is 12.5. The summed E-state index contributed by atoms with van der Waals surface area (Å²) in [6.45, 7) is 7.34. The Labute approximate surface area is 139 Å². The zero-order valence-corrected chi connectivity index (χ0v) is 15.2. The normalized spacial score (nSPS) is 11.9. The summed E-state index contributed by atoms with van der Waals surface area (Å²) in [7, 11) is -3.68. The molecular formula is C14H24N3O6P. The molecule has 0 saturated carbocycles. The van der Waals surface area contributed by atoms with Crippen molar-refractivity contribution in [3.8, 4) is 0 Å². The van der Waals surface area contributed by atoms with Crippen molar-refractivity contribution in [3.63, 3.8) is 0 Å². The third-order valence-corrected chi connectivity index (χ3v) is 5.03. The standard InChI is InChI=1S/C14H24N3O6P/c1-5-22-24(21,23-6-2)8-10(18)11-12(15)17(7-9(3)4)14(20)16-13(11)19/h9H,5-8,15H2,1-4H3,(H,16,19,20). The molecule has 10 heteroatoms. The van der Waals surface area contributed by atoms with E-state index in [-0.39, 0.29) is 31.5 Å². The third kappa shape index (κ3) is 4.90. The maximum absolute atomic E-state index is 12.5. The van der Waals surface area contributed by atoms with Crippen LogP contribution in [0.15, 0.2) is 9.59 Å². The van der Waals surface area contributed by atoms with E-state index in [1.54, 1.807) is 13.8 Å². The summed E-state index contributed by atoms with van der Waals surface area (Å²) in [6.07, 6.45) is -0.623. The molecule has 0 unspecified atom stereocenters. The van der Waals surface area contributed by atoms with Gasteiger partial charge in [0.1, 0.15) is 17.5 Å². The number of ketones is 1. The van der Waals surface area contributed by atoms with Gasteiger partial charge in [-0.15, -0.1) is 0 Å². The minimum atomic E-state index is -3.68. The number of carbonyl (C=O) groups is 1. The Morgan fingerprint density at radius 1 is 1.25 bits per heavy atom. The lowest BCUT2D eigenvalue weighted by atomic mass is 10.2. The van der Waals surface area contributed by atoms with Gasteiger partial charge in [-0.25, -0.2) is 4.79 Å². The number of nitrogens with one attached hydrogen (secondary N) is 1. The summed E-state index contributed by atoms with van der Waals surface area (Å²) in [5.74, 6) is -0.977. The highest BCUT2D eigenvalue weighted by molar-refractivity contribution is 7.54. The average Bonchev–Trinajstić information content (AvgIpc) is 2.43. The van der Waals surface area contributed by atoms with Crippen molar-refractivity contribution in [2.45, 2.75) is 34.2 Å². The van der Waals surface area contributed by atoms with E-state index in [0.717, 1.165) is 4.57 Å². The molecular weight excluding hydrogens is 337 g/mol. The van der Waals surface area contributed by atoms with Crippen LogP contribution in [-0.2, 0) is 20.2 Å². The molecule has 0 aliphatic heterocycles. The number of Topliss-reactive ketones (excluding diaryl/α,β-unsaturated/α-hetero) is 1. The summed E-state index contributed by atoms with van der Waals surface area (Å²) in [6, 6.07) is 0.